The van der Waals surface area contributed by atoms with E-state index in [-0.39, 0.29) is 5.41 Å². The smallest absolute Gasteiger partial charge is 0.407 e. The van der Waals surface area contributed by atoms with Crippen LogP contribution in [0.25, 0.3) is 22.2 Å². The zero-order valence-corrected chi connectivity index (χ0v) is 18.1. The molecule has 29 heavy (non-hydrogen) atoms. The summed E-state index contributed by atoms with van der Waals surface area (Å²) in [5.74, 6) is 0. The minimum absolute atomic E-state index is 0.218. The predicted molar refractivity (Wildman–Crippen MR) is 116 cm³/mol. The van der Waals surface area contributed by atoms with Gasteiger partial charge in [0.2, 0.25) is 0 Å². The van der Waals surface area contributed by atoms with Crippen LogP contribution in [-0.2, 0) is 10.2 Å². The van der Waals surface area contributed by atoms with Crippen molar-refractivity contribution in [2.45, 2.75) is 59.0 Å². The van der Waals surface area contributed by atoms with Crippen LogP contribution in [0.2, 0.25) is 0 Å². The number of nitrogens with zero attached hydrogens (tertiary/aromatic N) is 2. The number of carbonyl (C=O) groups is 1. The largest absolute Gasteiger partial charge is 0.444 e. The van der Waals surface area contributed by atoms with Crippen molar-refractivity contribution in [2.75, 3.05) is 6.54 Å². The van der Waals surface area contributed by atoms with E-state index in [2.05, 4.69) is 58.6 Å². The Morgan fingerprint density at radius 3 is 2.66 bits per heavy atom. The molecule has 2 N–H and O–H groups in total. The second kappa shape index (κ2) is 7.85. The van der Waals surface area contributed by atoms with Crippen molar-refractivity contribution in [1.29, 1.82) is 0 Å². The normalized spacial score (nSPS) is 13.9. The van der Waals surface area contributed by atoms with Crippen LogP contribution in [0.3, 0.4) is 0 Å². The highest BCUT2D eigenvalue weighted by Gasteiger charge is 2.27. The first kappa shape index (κ1) is 20.8. The monoisotopic (exact) mass is 394 g/mol. The number of rotatable bonds is 5. The minimum atomic E-state index is -0.512. The third-order valence-electron chi connectivity index (χ3n) is 5.31. The van der Waals surface area contributed by atoms with Gasteiger partial charge in [-0.25, -0.2) is 9.78 Å². The number of ether oxygens (including phenoxy) is 1. The topological polar surface area (TPSA) is 79.9 Å². The second-order valence-corrected chi connectivity index (χ2v) is 8.76. The van der Waals surface area contributed by atoms with Crippen molar-refractivity contribution in [3.8, 4) is 11.1 Å². The van der Waals surface area contributed by atoms with Gasteiger partial charge in [0.25, 0.3) is 0 Å². The molecule has 0 unspecified atom stereocenters. The quantitative estimate of drug-likeness (QED) is 0.629. The Hall–Kier alpha value is -2.89. The maximum Gasteiger partial charge on any atom is 0.407 e. The molecule has 1 aromatic carbocycles. The van der Waals surface area contributed by atoms with Crippen LogP contribution in [0, 0.1) is 6.92 Å². The highest BCUT2D eigenvalue weighted by atomic mass is 16.6. The van der Waals surface area contributed by atoms with E-state index in [0.29, 0.717) is 6.54 Å². The van der Waals surface area contributed by atoms with Crippen LogP contribution in [0.4, 0.5) is 4.79 Å². The van der Waals surface area contributed by atoms with Crippen LogP contribution in [-0.4, -0.2) is 33.4 Å². The van der Waals surface area contributed by atoms with Crippen molar-refractivity contribution < 1.29 is 9.53 Å². The number of aromatic nitrogens is 3. The maximum absolute atomic E-state index is 12.1. The lowest BCUT2D eigenvalue weighted by Gasteiger charge is -2.30. The molecule has 0 aliphatic heterocycles. The highest BCUT2D eigenvalue weighted by molar-refractivity contribution is 5.94. The van der Waals surface area contributed by atoms with E-state index >= 15 is 0 Å². The zero-order valence-electron chi connectivity index (χ0n) is 18.1. The first-order chi connectivity index (χ1) is 13.6. The van der Waals surface area contributed by atoms with Gasteiger partial charge >= 0.3 is 6.09 Å². The van der Waals surface area contributed by atoms with E-state index in [1.165, 1.54) is 5.56 Å². The van der Waals surface area contributed by atoms with E-state index in [1.807, 2.05) is 33.8 Å². The van der Waals surface area contributed by atoms with Crippen molar-refractivity contribution in [1.82, 2.24) is 20.5 Å². The molecule has 0 saturated heterocycles. The fourth-order valence-corrected chi connectivity index (χ4v) is 3.41. The fourth-order valence-electron chi connectivity index (χ4n) is 3.41. The second-order valence-electron chi connectivity index (χ2n) is 8.76. The average Bonchev–Trinajstić information content (AvgIpc) is 3.06. The molecular weight excluding hydrogens is 364 g/mol. The number of aryl methyl sites for hydroxylation is 1. The number of carbonyl (C=O) groups excluding carboxylic acids is 1. The summed E-state index contributed by atoms with van der Waals surface area (Å²) < 4.78 is 5.39. The summed E-state index contributed by atoms with van der Waals surface area (Å²) in [5.41, 5.74) is 4.36. The molecule has 6 nitrogen and oxygen atoms in total. The van der Waals surface area contributed by atoms with Gasteiger partial charge in [0.15, 0.2) is 5.65 Å². The standard InChI is InChI=1S/C23H30N4O2/c1-7-23(6,14-25-21(28)29-22(3,4)5)17-10-8-9-16(13-17)18-11-12-24-20-19(18)15(2)26-27-20/h8-13H,7,14H2,1-6H3,(H,25,28)(H,24,26,27)/t23-/m1/s1. The van der Waals surface area contributed by atoms with Gasteiger partial charge in [-0.1, -0.05) is 38.1 Å². The summed E-state index contributed by atoms with van der Waals surface area (Å²) in [6.07, 6.45) is 2.27. The van der Waals surface area contributed by atoms with E-state index in [1.54, 1.807) is 6.20 Å². The van der Waals surface area contributed by atoms with E-state index in [4.69, 9.17) is 4.74 Å². The molecule has 2 heterocycles. The number of hydrogen-bond donors (Lipinski definition) is 2. The summed E-state index contributed by atoms with van der Waals surface area (Å²) in [6, 6.07) is 10.5. The van der Waals surface area contributed by atoms with Gasteiger partial charge in [-0.2, -0.15) is 5.10 Å². The van der Waals surface area contributed by atoms with E-state index in [9.17, 15) is 4.79 Å². The van der Waals surface area contributed by atoms with Gasteiger partial charge < -0.3 is 10.1 Å². The molecule has 3 aromatic rings. The number of alkyl carbamates (subject to hydrolysis) is 1. The molecule has 3 rings (SSSR count). The average molecular weight is 395 g/mol. The number of fused-ring (bicyclic) bond motifs is 1. The molecule has 2 aromatic heterocycles. The number of amides is 1. The van der Waals surface area contributed by atoms with Gasteiger partial charge in [0, 0.05) is 29.2 Å². The summed E-state index contributed by atoms with van der Waals surface area (Å²) in [6.45, 7) is 12.4. The molecule has 6 heteroatoms. The number of nitrogens with one attached hydrogen (secondary N) is 2. The van der Waals surface area contributed by atoms with Crippen LogP contribution < -0.4 is 5.32 Å². The Bertz CT molecular complexity index is 1020. The lowest BCUT2D eigenvalue weighted by atomic mass is 9.79. The van der Waals surface area contributed by atoms with Gasteiger partial charge in [-0.3, -0.25) is 5.10 Å². The Morgan fingerprint density at radius 2 is 1.97 bits per heavy atom. The zero-order chi connectivity index (χ0) is 21.2. The predicted octanol–water partition coefficient (Wildman–Crippen LogP) is 5.13. The van der Waals surface area contributed by atoms with Crippen LogP contribution in [0.1, 0.15) is 52.3 Å². The molecule has 0 aliphatic rings. The Morgan fingerprint density at radius 1 is 1.21 bits per heavy atom. The Balaban J connectivity index is 1.90. The molecule has 0 spiro atoms. The number of aromatic amines is 1. The Kier molecular flexibility index (Phi) is 5.64. The molecule has 0 saturated carbocycles. The van der Waals surface area contributed by atoms with Gasteiger partial charge in [0.1, 0.15) is 5.60 Å². The SMILES string of the molecule is CC[C@](C)(CNC(=O)OC(C)(C)C)c1cccc(-c2ccnc3n[nH]c(C)c23)c1. The lowest BCUT2D eigenvalue weighted by molar-refractivity contribution is 0.0515. The lowest BCUT2D eigenvalue weighted by Crippen LogP contribution is -2.41. The number of pyridine rings is 1. The van der Waals surface area contributed by atoms with Gasteiger partial charge in [-0.05, 0) is 56.9 Å². The minimum Gasteiger partial charge on any atom is -0.444 e. The molecule has 0 fully saturated rings. The van der Waals surface area contributed by atoms with Crippen LogP contribution >= 0.6 is 0 Å². The van der Waals surface area contributed by atoms with Gasteiger partial charge in [-0.15, -0.1) is 0 Å². The number of hydrogen-bond acceptors (Lipinski definition) is 4. The van der Waals surface area contributed by atoms with Crippen molar-refractivity contribution in [2.24, 2.45) is 0 Å². The molecular formula is C23H30N4O2. The Labute approximate surface area is 172 Å². The molecule has 1 atom stereocenters. The van der Waals surface area contributed by atoms with Crippen molar-refractivity contribution in [3.63, 3.8) is 0 Å². The molecule has 0 bridgehead atoms. The van der Waals surface area contributed by atoms with Gasteiger partial charge in [0.05, 0.1) is 0 Å². The summed E-state index contributed by atoms with van der Waals surface area (Å²) in [4.78, 5) is 16.5. The number of H-pyrrole nitrogens is 1. The van der Waals surface area contributed by atoms with Crippen LogP contribution in [0.5, 0.6) is 0 Å². The summed E-state index contributed by atoms with van der Waals surface area (Å²) in [7, 11) is 0. The number of benzene rings is 1. The first-order valence-corrected chi connectivity index (χ1v) is 10.0. The summed E-state index contributed by atoms with van der Waals surface area (Å²) >= 11 is 0. The summed E-state index contributed by atoms with van der Waals surface area (Å²) in [5, 5.41) is 11.3. The maximum atomic E-state index is 12.1. The van der Waals surface area contributed by atoms with Crippen LogP contribution in [0.15, 0.2) is 36.5 Å². The van der Waals surface area contributed by atoms with E-state index in [0.717, 1.165) is 34.3 Å². The van der Waals surface area contributed by atoms with Crippen molar-refractivity contribution >= 4 is 17.1 Å². The first-order valence-electron chi connectivity index (χ1n) is 10.0. The van der Waals surface area contributed by atoms with Crippen molar-refractivity contribution in [3.05, 3.63) is 47.8 Å². The third kappa shape index (κ3) is 4.58. The highest BCUT2D eigenvalue weighted by Crippen LogP contribution is 2.33. The molecule has 0 aliphatic carbocycles. The molecule has 154 valence electrons. The fraction of sp³-hybridized carbons (Fsp3) is 0.435. The third-order valence-corrected chi connectivity index (χ3v) is 5.31. The molecule has 1 amide bonds. The van der Waals surface area contributed by atoms with E-state index < -0.39 is 11.7 Å². The molecule has 0 radical (unpaired) electrons.